The first-order valence-corrected chi connectivity index (χ1v) is 11.0. The molecule has 0 N–H and O–H groups in total. The van der Waals surface area contributed by atoms with Gasteiger partial charge in [0.25, 0.3) is 5.91 Å². The monoisotopic (exact) mass is 400 g/mol. The van der Waals surface area contributed by atoms with Crippen molar-refractivity contribution >= 4 is 22.6 Å². The fourth-order valence-corrected chi connectivity index (χ4v) is 4.55. The highest BCUT2D eigenvalue weighted by Crippen LogP contribution is 2.28. The van der Waals surface area contributed by atoms with Crippen LogP contribution < -0.4 is 4.90 Å². The number of amides is 1. The summed E-state index contributed by atoms with van der Waals surface area (Å²) < 4.78 is 0. The number of piperazine rings is 1. The van der Waals surface area contributed by atoms with Crippen molar-refractivity contribution in [2.24, 2.45) is 0 Å². The van der Waals surface area contributed by atoms with Crippen LogP contribution in [-0.2, 0) is 6.54 Å². The van der Waals surface area contributed by atoms with Crippen molar-refractivity contribution in [3.8, 4) is 0 Å². The van der Waals surface area contributed by atoms with Crippen LogP contribution in [0, 0.1) is 0 Å². The molecule has 3 aromatic rings. The van der Waals surface area contributed by atoms with Crippen LogP contribution in [-0.4, -0.2) is 60.0 Å². The molecular formula is C25H28N4O. The Hall–Kier alpha value is -2.92. The van der Waals surface area contributed by atoms with E-state index in [2.05, 4.69) is 46.2 Å². The number of para-hydroxylation sites is 1. The number of rotatable bonds is 4. The van der Waals surface area contributed by atoms with E-state index in [1.165, 1.54) is 18.4 Å². The molecule has 1 aromatic heterocycles. The molecule has 1 amide bonds. The number of hydrogen-bond donors (Lipinski definition) is 0. The number of anilines is 1. The van der Waals surface area contributed by atoms with E-state index in [1.807, 2.05) is 29.2 Å². The van der Waals surface area contributed by atoms with Crippen molar-refractivity contribution in [3.63, 3.8) is 0 Å². The van der Waals surface area contributed by atoms with Gasteiger partial charge in [-0.15, -0.1) is 0 Å². The van der Waals surface area contributed by atoms with E-state index in [9.17, 15) is 4.79 Å². The van der Waals surface area contributed by atoms with E-state index in [4.69, 9.17) is 4.98 Å². The predicted octanol–water partition coefficient (Wildman–Crippen LogP) is 3.79. The molecule has 2 aliphatic heterocycles. The molecule has 2 aliphatic rings. The van der Waals surface area contributed by atoms with E-state index >= 15 is 0 Å². The summed E-state index contributed by atoms with van der Waals surface area (Å²) in [5.74, 6) is 0.984. The molecule has 2 saturated heterocycles. The van der Waals surface area contributed by atoms with Gasteiger partial charge in [-0.25, -0.2) is 4.98 Å². The third kappa shape index (κ3) is 3.90. The summed E-state index contributed by atoms with van der Waals surface area (Å²) in [6, 6.07) is 20.7. The average Bonchev–Trinajstić information content (AvgIpc) is 3.34. The number of fused-ring (bicyclic) bond motifs is 1. The molecule has 5 nitrogen and oxygen atoms in total. The molecule has 5 heteroatoms. The first kappa shape index (κ1) is 19.1. The SMILES string of the molecule is O=C(c1cc2ccccc2nc1N1CCCC1)N1CCN(Cc2ccccc2)CC1. The van der Waals surface area contributed by atoms with Gasteiger partial charge in [0, 0.05) is 51.2 Å². The molecule has 0 atom stereocenters. The second kappa shape index (κ2) is 8.44. The molecule has 0 radical (unpaired) electrons. The number of pyridine rings is 1. The maximum Gasteiger partial charge on any atom is 0.257 e. The summed E-state index contributed by atoms with van der Waals surface area (Å²) in [5, 5.41) is 1.03. The van der Waals surface area contributed by atoms with Gasteiger partial charge in [0.05, 0.1) is 11.1 Å². The summed E-state index contributed by atoms with van der Waals surface area (Å²) >= 11 is 0. The summed E-state index contributed by atoms with van der Waals surface area (Å²) in [6.45, 7) is 6.24. The number of benzene rings is 2. The Kier molecular flexibility index (Phi) is 5.37. The minimum absolute atomic E-state index is 0.120. The van der Waals surface area contributed by atoms with Gasteiger partial charge in [0.1, 0.15) is 5.82 Å². The van der Waals surface area contributed by atoms with Crippen LogP contribution in [0.1, 0.15) is 28.8 Å². The zero-order valence-corrected chi connectivity index (χ0v) is 17.3. The lowest BCUT2D eigenvalue weighted by Crippen LogP contribution is -2.48. The largest absolute Gasteiger partial charge is 0.356 e. The second-order valence-electron chi connectivity index (χ2n) is 8.30. The van der Waals surface area contributed by atoms with Crippen LogP contribution in [0.15, 0.2) is 60.7 Å². The van der Waals surface area contributed by atoms with Crippen molar-refractivity contribution < 1.29 is 4.79 Å². The third-order valence-corrected chi connectivity index (χ3v) is 6.25. The first-order valence-electron chi connectivity index (χ1n) is 11.0. The summed E-state index contributed by atoms with van der Waals surface area (Å²) in [4.78, 5) is 25.2. The lowest BCUT2D eigenvalue weighted by atomic mass is 10.1. The van der Waals surface area contributed by atoms with Crippen LogP contribution in [0.25, 0.3) is 10.9 Å². The maximum absolute atomic E-state index is 13.5. The molecule has 2 fully saturated rings. The smallest absolute Gasteiger partial charge is 0.257 e. The zero-order valence-electron chi connectivity index (χ0n) is 17.3. The van der Waals surface area contributed by atoms with E-state index in [0.29, 0.717) is 0 Å². The molecular weight excluding hydrogens is 372 g/mol. The van der Waals surface area contributed by atoms with Gasteiger partial charge in [-0.05, 0) is 30.5 Å². The lowest BCUT2D eigenvalue weighted by Gasteiger charge is -2.35. The Balaban J connectivity index is 1.35. The number of aromatic nitrogens is 1. The van der Waals surface area contributed by atoms with Gasteiger partial charge in [0.15, 0.2) is 0 Å². The van der Waals surface area contributed by atoms with Crippen LogP contribution in [0.2, 0.25) is 0 Å². The first-order chi connectivity index (χ1) is 14.8. The van der Waals surface area contributed by atoms with Crippen LogP contribution in [0.3, 0.4) is 0 Å². The normalized spacial score (nSPS) is 17.6. The highest BCUT2D eigenvalue weighted by Gasteiger charge is 2.27. The molecule has 0 unspecified atom stereocenters. The fourth-order valence-electron chi connectivity index (χ4n) is 4.55. The molecule has 154 valence electrons. The van der Waals surface area contributed by atoms with Gasteiger partial charge in [0.2, 0.25) is 0 Å². The van der Waals surface area contributed by atoms with Crippen molar-refractivity contribution in [2.75, 3.05) is 44.2 Å². The highest BCUT2D eigenvalue weighted by molar-refractivity contribution is 6.02. The predicted molar refractivity (Wildman–Crippen MR) is 121 cm³/mol. The highest BCUT2D eigenvalue weighted by atomic mass is 16.2. The molecule has 5 rings (SSSR count). The molecule has 0 bridgehead atoms. The van der Waals surface area contributed by atoms with Crippen LogP contribution in [0.5, 0.6) is 0 Å². The quantitative estimate of drug-likeness (QED) is 0.668. The Labute approximate surface area is 177 Å². The van der Waals surface area contributed by atoms with Crippen LogP contribution in [0.4, 0.5) is 5.82 Å². The van der Waals surface area contributed by atoms with E-state index < -0.39 is 0 Å². The summed E-state index contributed by atoms with van der Waals surface area (Å²) in [6.07, 6.45) is 2.33. The minimum atomic E-state index is 0.120. The van der Waals surface area contributed by atoms with E-state index in [1.54, 1.807) is 0 Å². The third-order valence-electron chi connectivity index (χ3n) is 6.25. The summed E-state index contributed by atoms with van der Waals surface area (Å²) in [5.41, 5.74) is 3.04. The molecule has 0 aliphatic carbocycles. The average molecular weight is 401 g/mol. The number of hydrogen-bond acceptors (Lipinski definition) is 4. The fraction of sp³-hybridized carbons (Fsp3) is 0.360. The van der Waals surface area contributed by atoms with Crippen molar-refractivity contribution in [3.05, 3.63) is 71.8 Å². The van der Waals surface area contributed by atoms with E-state index in [0.717, 1.165) is 68.1 Å². The van der Waals surface area contributed by atoms with Gasteiger partial charge in [-0.3, -0.25) is 9.69 Å². The molecule has 2 aromatic carbocycles. The van der Waals surface area contributed by atoms with Crippen LogP contribution >= 0.6 is 0 Å². The zero-order chi connectivity index (χ0) is 20.3. The van der Waals surface area contributed by atoms with Gasteiger partial charge >= 0.3 is 0 Å². The Morgan fingerprint density at radius 2 is 1.53 bits per heavy atom. The molecule has 3 heterocycles. The summed E-state index contributed by atoms with van der Waals surface area (Å²) in [7, 11) is 0. The number of carbonyl (C=O) groups is 1. The van der Waals surface area contributed by atoms with Crippen molar-refractivity contribution in [1.82, 2.24) is 14.8 Å². The number of nitrogens with zero attached hydrogens (tertiary/aromatic N) is 4. The number of carbonyl (C=O) groups excluding carboxylic acids is 1. The minimum Gasteiger partial charge on any atom is -0.356 e. The van der Waals surface area contributed by atoms with E-state index in [-0.39, 0.29) is 5.91 Å². The molecule has 0 spiro atoms. The standard InChI is InChI=1S/C25H28N4O/c30-25(29-16-14-27(15-17-29)19-20-8-2-1-3-9-20)22-18-21-10-4-5-11-23(21)26-24(22)28-12-6-7-13-28/h1-5,8-11,18H,6-7,12-17,19H2. The van der Waals surface area contributed by atoms with Gasteiger partial charge in [-0.1, -0.05) is 48.5 Å². The van der Waals surface area contributed by atoms with Gasteiger partial charge in [-0.2, -0.15) is 0 Å². The topological polar surface area (TPSA) is 39.7 Å². The van der Waals surface area contributed by atoms with Gasteiger partial charge < -0.3 is 9.80 Å². The van der Waals surface area contributed by atoms with Crippen molar-refractivity contribution in [2.45, 2.75) is 19.4 Å². The Morgan fingerprint density at radius 3 is 2.30 bits per heavy atom. The maximum atomic E-state index is 13.5. The molecule has 30 heavy (non-hydrogen) atoms. The Bertz CT molecular complexity index is 1020. The Morgan fingerprint density at radius 1 is 0.833 bits per heavy atom. The van der Waals surface area contributed by atoms with Crippen molar-refractivity contribution in [1.29, 1.82) is 0 Å². The second-order valence-corrected chi connectivity index (χ2v) is 8.30. The lowest BCUT2D eigenvalue weighted by molar-refractivity contribution is 0.0629. The molecule has 0 saturated carbocycles.